The number of aromatic nitrogens is 1. The maximum Gasteiger partial charge on any atom is 0.238 e. The zero-order valence-electron chi connectivity index (χ0n) is 7.88. The molecule has 2 aromatic rings. The van der Waals surface area contributed by atoms with Gasteiger partial charge in [-0.1, -0.05) is 0 Å². The topological polar surface area (TPSA) is 93.3 Å². The van der Waals surface area contributed by atoms with Gasteiger partial charge >= 0.3 is 0 Å². The first-order valence-electron chi connectivity index (χ1n) is 4.20. The Balaban J connectivity index is 3.02. The Morgan fingerprint density at radius 1 is 1.44 bits per heavy atom. The normalized spacial score (nSPS) is 11.9. The zero-order valence-corrected chi connectivity index (χ0v) is 10.9. The molecule has 0 unspecified atom stereocenters. The number of pyridine rings is 1. The maximum absolute atomic E-state index is 11.4. The molecule has 16 heavy (non-hydrogen) atoms. The summed E-state index contributed by atoms with van der Waals surface area (Å²) in [5.41, 5.74) is 0.235. The summed E-state index contributed by atoms with van der Waals surface area (Å²) in [5, 5.41) is 15.2. The van der Waals surface area contributed by atoms with E-state index < -0.39 is 10.0 Å². The minimum Gasteiger partial charge on any atom is -0.505 e. The van der Waals surface area contributed by atoms with Gasteiger partial charge in [-0.25, -0.2) is 13.6 Å². The molecule has 2 rings (SSSR count). The number of phenolic OH excluding ortho intramolecular Hbond substituents is 1. The second-order valence-electron chi connectivity index (χ2n) is 3.15. The molecule has 0 fully saturated rings. The van der Waals surface area contributed by atoms with Gasteiger partial charge in [0.05, 0.1) is 8.47 Å². The third kappa shape index (κ3) is 1.85. The van der Waals surface area contributed by atoms with Crippen molar-refractivity contribution in [1.29, 1.82) is 0 Å². The summed E-state index contributed by atoms with van der Waals surface area (Å²) in [6.07, 6.45) is 1.48. The summed E-state index contributed by atoms with van der Waals surface area (Å²) in [7, 11) is -3.82. The van der Waals surface area contributed by atoms with Crippen LogP contribution in [0.15, 0.2) is 29.3 Å². The van der Waals surface area contributed by atoms with Crippen LogP contribution in [0.1, 0.15) is 0 Å². The molecule has 5 nitrogen and oxygen atoms in total. The summed E-state index contributed by atoms with van der Waals surface area (Å²) in [6, 6.07) is 4.47. The van der Waals surface area contributed by atoms with E-state index in [2.05, 4.69) is 4.98 Å². The van der Waals surface area contributed by atoms with Crippen LogP contribution in [-0.4, -0.2) is 18.5 Å². The quantitative estimate of drug-likeness (QED) is 0.756. The predicted octanol–water partition coefficient (Wildman–Crippen LogP) is 1.19. The molecule has 0 spiro atoms. The van der Waals surface area contributed by atoms with Crippen molar-refractivity contribution in [3.63, 3.8) is 0 Å². The zero-order chi connectivity index (χ0) is 11.9. The van der Waals surface area contributed by atoms with Crippen molar-refractivity contribution in [1.82, 2.24) is 4.98 Å². The van der Waals surface area contributed by atoms with Crippen LogP contribution in [0.3, 0.4) is 0 Å². The van der Waals surface area contributed by atoms with Crippen molar-refractivity contribution < 1.29 is 13.5 Å². The molecular weight excluding hydrogens is 343 g/mol. The second kappa shape index (κ2) is 3.82. The molecule has 0 aliphatic carbocycles. The molecule has 0 saturated carbocycles. The number of aromatic hydroxyl groups is 1. The number of sulfonamides is 1. The lowest BCUT2D eigenvalue weighted by Crippen LogP contribution is -2.13. The number of fused-ring (bicyclic) bond motifs is 1. The van der Waals surface area contributed by atoms with Crippen molar-refractivity contribution in [2.24, 2.45) is 5.14 Å². The Kier molecular flexibility index (Phi) is 2.76. The van der Waals surface area contributed by atoms with Gasteiger partial charge in [0.1, 0.15) is 5.52 Å². The first-order valence-corrected chi connectivity index (χ1v) is 6.83. The summed E-state index contributed by atoms with van der Waals surface area (Å²) in [6.45, 7) is 0. The van der Waals surface area contributed by atoms with E-state index in [1.807, 2.05) is 22.6 Å². The Bertz CT molecular complexity index is 670. The number of primary sulfonamides is 1. The van der Waals surface area contributed by atoms with Crippen molar-refractivity contribution in [2.45, 2.75) is 4.90 Å². The highest BCUT2D eigenvalue weighted by Gasteiger charge is 2.17. The smallest absolute Gasteiger partial charge is 0.238 e. The molecule has 1 aromatic heterocycles. The van der Waals surface area contributed by atoms with Crippen LogP contribution >= 0.6 is 22.6 Å². The molecule has 7 heteroatoms. The molecule has 0 bridgehead atoms. The maximum atomic E-state index is 11.4. The van der Waals surface area contributed by atoms with E-state index in [0.29, 0.717) is 8.96 Å². The number of nitrogens with zero attached hydrogens (tertiary/aromatic N) is 1. The number of nitrogens with two attached hydrogens (primary N) is 1. The van der Waals surface area contributed by atoms with E-state index in [9.17, 15) is 13.5 Å². The molecule has 0 saturated heterocycles. The largest absolute Gasteiger partial charge is 0.505 e. The molecular formula is C9H7IN2O3S. The van der Waals surface area contributed by atoms with Crippen LogP contribution < -0.4 is 5.14 Å². The fraction of sp³-hybridized carbons (Fsp3) is 0. The van der Waals surface area contributed by atoms with Crippen LogP contribution in [0, 0.1) is 3.57 Å². The van der Waals surface area contributed by atoms with Gasteiger partial charge in [0.15, 0.2) is 5.75 Å². The molecule has 1 aromatic carbocycles. The number of halogens is 1. The Labute approximate surface area is 105 Å². The van der Waals surface area contributed by atoms with Crippen LogP contribution in [-0.2, 0) is 10.0 Å². The lowest BCUT2D eigenvalue weighted by atomic mass is 10.2. The standard InChI is InChI=1S/C9H7IN2O3S/c10-6-4-7(16(11,14)15)5-2-1-3-12-8(5)9(6)13/h1-4,13H,(H2,11,14,15). The van der Waals surface area contributed by atoms with Gasteiger partial charge in [0, 0.05) is 11.6 Å². The summed E-state index contributed by atoms with van der Waals surface area (Å²) in [5.74, 6) is -0.0383. The fourth-order valence-electron chi connectivity index (χ4n) is 1.40. The van der Waals surface area contributed by atoms with Crippen molar-refractivity contribution >= 4 is 43.5 Å². The lowest BCUT2D eigenvalue weighted by Gasteiger charge is -2.07. The van der Waals surface area contributed by atoms with E-state index in [4.69, 9.17) is 5.14 Å². The van der Waals surface area contributed by atoms with Gasteiger partial charge in [-0.15, -0.1) is 0 Å². The van der Waals surface area contributed by atoms with Gasteiger partial charge in [0.2, 0.25) is 10.0 Å². The molecule has 0 atom stereocenters. The molecule has 0 aliphatic heterocycles. The first-order chi connectivity index (χ1) is 7.41. The molecule has 0 aliphatic rings. The molecule has 84 valence electrons. The highest BCUT2D eigenvalue weighted by molar-refractivity contribution is 14.1. The first kappa shape index (κ1) is 11.6. The minimum absolute atomic E-state index is 0.0298. The van der Waals surface area contributed by atoms with E-state index in [1.54, 1.807) is 12.1 Å². The van der Waals surface area contributed by atoms with Crippen LogP contribution in [0.5, 0.6) is 5.75 Å². The fourth-order valence-corrected chi connectivity index (χ4v) is 2.93. The number of rotatable bonds is 1. The van der Waals surface area contributed by atoms with E-state index in [0.717, 1.165) is 0 Å². The average molecular weight is 350 g/mol. The Morgan fingerprint density at radius 2 is 2.12 bits per heavy atom. The summed E-state index contributed by atoms with van der Waals surface area (Å²) < 4.78 is 23.1. The summed E-state index contributed by atoms with van der Waals surface area (Å²) in [4.78, 5) is 3.91. The van der Waals surface area contributed by atoms with Crippen molar-refractivity contribution in [3.05, 3.63) is 28.0 Å². The van der Waals surface area contributed by atoms with Crippen molar-refractivity contribution in [2.75, 3.05) is 0 Å². The molecule has 1 heterocycles. The van der Waals surface area contributed by atoms with Crippen LogP contribution in [0.4, 0.5) is 0 Å². The highest BCUT2D eigenvalue weighted by Crippen LogP contribution is 2.32. The predicted molar refractivity (Wildman–Crippen MR) is 67.5 cm³/mol. The third-order valence-corrected chi connectivity index (χ3v) is 3.86. The molecule has 3 N–H and O–H groups in total. The molecule has 0 amide bonds. The third-order valence-electron chi connectivity index (χ3n) is 2.09. The molecule has 0 radical (unpaired) electrons. The van der Waals surface area contributed by atoms with E-state index in [1.165, 1.54) is 12.3 Å². The average Bonchev–Trinajstić information content (AvgIpc) is 2.22. The number of benzene rings is 1. The summed E-state index contributed by atoms with van der Waals surface area (Å²) >= 11 is 1.83. The lowest BCUT2D eigenvalue weighted by molar-refractivity contribution is 0.476. The monoisotopic (exact) mass is 350 g/mol. The van der Waals surface area contributed by atoms with E-state index >= 15 is 0 Å². The second-order valence-corrected chi connectivity index (χ2v) is 5.84. The van der Waals surface area contributed by atoms with Crippen LogP contribution in [0.25, 0.3) is 10.9 Å². The number of hydrogen-bond acceptors (Lipinski definition) is 4. The van der Waals surface area contributed by atoms with Gasteiger partial charge in [0.25, 0.3) is 0 Å². The Hall–Kier alpha value is -0.930. The number of phenols is 1. The number of hydrogen-bond donors (Lipinski definition) is 2. The van der Waals surface area contributed by atoms with Gasteiger partial charge in [-0.2, -0.15) is 0 Å². The van der Waals surface area contributed by atoms with Gasteiger partial charge in [-0.3, -0.25) is 4.98 Å². The van der Waals surface area contributed by atoms with Gasteiger partial charge < -0.3 is 5.11 Å². The highest BCUT2D eigenvalue weighted by atomic mass is 127. The Morgan fingerprint density at radius 3 is 2.75 bits per heavy atom. The van der Waals surface area contributed by atoms with E-state index in [-0.39, 0.29) is 16.2 Å². The van der Waals surface area contributed by atoms with Gasteiger partial charge in [-0.05, 0) is 40.8 Å². The minimum atomic E-state index is -3.82. The van der Waals surface area contributed by atoms with Crippen molar-refractivity contribution in [3.8, 4) is 5.75 Å². The van der Waals surface area contributed by atoms with Crippen LogP contribution in [0.2, 0.25) is 0 Å². The SMILES string of the molecule is NS(=O)(=O)c1cc(I)c(O)c2ncccc12.